The number of rotatable bonds is 0. The molecule has 2 rings (SSSR count). The lowest BCUT2D eigenvalue weighted by Gasteiger charge is -1.90. The molecule has 0 amide bonds. The highest BCUT2D eigenvalue weighted by molar-refractivity contribution is 9.11. The second-order valence-corrected chi connectivity index (χ2v) is 4.55. The van der Waals surface area contributed by atoms with Crippen molar-refractivity contribution in [3.8, 4) is 0 Å². The van der Waals surface area contributed by atoms with Gasteiger partial charge in [-0.2, -0.15) is 0 Å². The summed E-state index contributed by atoms with van der Waals surface area (Å²) in [5.41, 5.74) is 0. The van der Waals surface area contributed by atoms with E-state index in [1.54, 1.807) is 17.5 Å². The summed E-state index contributed by atoms with van der Waals surface area (Å²) in [6.45, 7) is 0. The lowest BCUT2D eigenvalue weighted by atomic mass is 10.3. The van der Waals surface area contributed by atoms with Crippen molar-refractivity contribution in [1.29, 1.82) is 0 Å². The van der Waals surface area contributed by atoms with Crippen LogP contribution < -0.4 is 0 Å². The lowest BCUT2D eigenvalue weighted by molar-refractivity contribution is 1.32. The first-order chi connectivity index (χ1) is 5.29. The van der Waals surface area contributed by atoms with E-state index in [2.05, 4.69) is 42.2 Å². The van der Waals surface area contributed by atoms with Crippen molar-refractivity contribution in [3.05, 3.63) is 26.7 Å². The van der Waals surface area contributed by atoms with Crippen molar-refractivity contribution in [2.75, 3.05) is 0 Å². The molecule has 2 aromatic rings. The zero-order valence-corrected chi connectivity index (χ0v) is 9.33. The molecule has 0 saturated carbocycles. The highest BCUT2D eigenvalue weighted by Gasteiger charge is 2.03. The Morgan fingerprint density at radius 3 is 2.91 bits per heavy atom. The normalized spacial score (nSPS) is 10.7. The van der Waals surface area contributed by atoms with Gasteiger partial charge in [0.1, 0.15) is 4.60 Å². The fourth-order valence-electron chi connectivity index (χ4n) is 0.897. The minimum atomic E-state index is 0.922. The van der Waals surface area contributed by atoms with E-state index >= 15 is 0 Å². The van der Waals surface area contributed by atoms with Crippen molar-refractivity contribution >= 4 is 53.3 Å². The average Bonchev–Trinajstić information content (AvgIpc) is 2.35. The number of thiophene rings is 1. The van der Waals surface area contributed by atoms with Gasteiger partial charge in [-0.05, 0) is 37.9 Å². The number of hydrogen-bond acceptors (Lipinski definition) is 2. The van der Waals surface area contributed by atoms with Crippen LogP contribution in [0.15, 0.2) is 26.7 Å². The maximum atomic E-state index is 4.13. The van der Waals surface area contributed by atoms with Crippen molar-refractivity contribution in [2.45, 2.75) is 0 Å². The van der Waals surface area contributed by atoms with Gasteiger partial charge in [0.05, 0.1) is 4.70 Å². The van der Waals surface area contributed by atoms with Crippen LogP contribution in [0.5, 0.6) is 0 Å². The molecule has 2 aromatic heterocycles. The van der Waals surface area contributed by atoms with Gasteiger partial charge in [0.25, 0.3) is 0 Å². The summed E-state index contributed by atoms with van der Waals surface area (Å²) in [5.74, 6) is 0. The van der Waals surface area contributed by atoms with Crippen molar-refractivity contribution in [2.24, 2.45) is 0 Å². The molecule has 0 N–H and O–H groups in total. The summed E-state index contributed by atoms with van der Waals surface area (Å²) in [4.78, 5) is 4.13. The minimum absolute atomic E-state index is 0.922. The van der Waals surface area contributed by atoms with E-state index in [4.69, 9.17) is 0 Å². The lowest BCUT2D eigenvalue weighted by Crippen LogP contribution is -1.71. The van der Waals surface area contributed by atoms with E-state index in [0.717, 1.165) is 9.08 Å². The third kappa shape index (κ3) is 1.23. The van der Waals surface area contributed by atoms with Crippen LogP contribution >= 0.6 is 43.2 Å². The molecule has 0 radical (unpaired) electrons. The van der Waals surface area contributed by atoms with Crippen LogP contribution in [0.25, 0.3) is 10.1 Å². The monoisotopic (exact) mass is 291 g/mol. The summed E-state index contributed by atoms with van der Waals surface area (Å²) in [6.07, 6.45) is 1.80. The summed E-state index contributed by atoms with van der Waals surface area (Å²) in [7, 11) is 0. The number of hydrogen-bond donors (Lipinski definition) is 0. The van der Waals surface area contributed by atoms with Crippen LogP contribution in [-0.4, -0.2) is 4.98 Å². The highest BCUT2D eigenvalue weighted by atomic mass is 79.9. The van der Waals surface area contributed by atoms with Gasteiger partial charge in [0.15, 0.2) is 0 Å². The maximum Gasteiger partial charge on any atom is 0.123 e. The molecule has 56 valence electrons. The van der Waals surface area contributed by atoms with E-state index in [1.165, 1.54) is 10.1 Å². The first-order valence-corrected chi connectivity index (χ1v) is 5.43. The molecule has 4 heteroatoms. The number of aromatic nitrogens is 1. The molecule has 2 heterocycles. The Hall–Kier alpha value is 0.0700. The van der Waals surface area contributed by atoms with E-state index in [-0.39, 0.29) is 0 Å². The molecular formula is C7H3Br2NS. The van der Waals surface area contributed by atoms with Gasteiger partial charge in [-0.1, -0.05) is 0 Å². The van der Waals surface area contributed by atoms with E-state index in [1.807, 2.05) is 6.07 Å². The molecule has 0 unspecified atom stereocenters. The smallest absolute Gasteiger partial charge is 0.123 e. The van der Waals surface area contributed by atoms with Crippen LogP contribution in [0, 0.1) is 0 Å². The van der Waals surface area contributed by atoms with Gasteiger partial charge in [0.2, 0.25) is 0 Å². The van der Waals surface area contributed by atoms with Crippen LogP contribution in [0.4, 0.5) is 0 Å². The molecule has 0 aliphatic carbocycles. The standard InChI is InChI=1S/C7H3Br2NS/c8-5-3-11-6-4(5)1-2-10-7(6)9/h1-3H. The Labute approximate surface area is 84.7 Å². The molecule has 11 heavy (non-hydrogen) atoms. The van der Waals surface area contributed by atoms with Crippen LogP contribution in [0.1, 0.15) is 0 Å². The molecular weight excluding hydrogens is 290 g/mol. The maximum absolute atomic E-state index is 4.13. The molecule has 0 aromatic carbocycles. The molecule has 0 atom stereocenters. The Morgan fingerprint density at radius 1 is 1.36 bits per heavy atom. The predicted molar refractivity (Wildman–Crippen MR) is 55.0 cm³/mol. The Morgan fingerprint density at radius 2 is 2.18 bits per heavy atom. The van der Waals surface area contributed by atoms with Gasteiger partial charge in [0, 0.05) is 21.4 Å². The molecule has 0 saturated heterocycles. The van der Waals surface area contributed by atoms with Gasteiger partial charge in [-0.15, -0.1) is 11.3 Å². The summed E-state index contributed by atoms with van der Waals surface area (Å²) >= 11 is 8.54. The van der Waals surface area contributed by atoms with E-state index in [0.29, 0.717) is 0 Å². The van der Waals surface area contributed by atoms with Crippen LogP contribution in [0.3, 0.4) is 0 Å². The number of halogens is 2. The van der Waals surface area contributed by atoms with E-state index in [9.17, 15) is 0 Å². The molecule has 1 nitrogen and oxygen atoms in total. The Kier molecular flexibility index (Phi) is 1.99. The summed E-state index contributed by atoms with van der Waals surface area (Å²) < 4.78 is 3.26. The third-order valence-electron chi connectivity index (χ3n) is 1.40. The largest absolute Gasteiger partial charge is 0.248 e. The van der Waals surface area contributed by atoms with Gasteiger partial charge in [-0.25, -0.2) is 4.98 Å². The average molecular weight is 293 g/mol. The fraction of sp³-hybridized carbons (Fsp3) is 0. The molecule has 0 bridgehead atoms. The zero-order valence-electron chi connectivity index (χ0n) is 5.34. The number of nitrogens with zero attached hydrogens (tertiary/aromatic N) is 1. The van der Waals surface area contributed by atoms with Crippen LogP contribution in [0.2, 0.25) is 0 Å². The molecule has 0 aliphatic rings. The quantitative estimate of drug-likeness (QED) is 0.673. The van der Waals surface area contributed by atoms with Crippen molar-refractivity contribution in [3.63, 3.8) is 0 Å². The summed E-state index contributed by atoms with van der Waals surface area (Å²) in [5, 5.41) is 3.29. The second-order valence-electron chi connectivity index (χ2n) is 2.06. The third-order valence-corrected chi connectivity index (χ3v) is 4.22. The summed E-state index contributed by atoms with van der Waals surface area (Å²) in [6, 6.07) is 2.00. The number of pyridine rings is 1. The topological polar surface area (TPSA) is 12.9 Å². The van der Waals surface area contributed by atoms with Crippen molar-refractivity contribution in [1.82, 2.24) is 4.98 Å². The van der Waals surface area contributed by atoms with Gasteiger partial charge in [-0.3, -0.25) is 0 Å². The SMILES string of the molecule is Brc1csc2c(Br)nccc12. The van der Waals surface area contributed by atoms with Gasteiger partial charge < -0.3 is 0 Å². The Balaban J connectivity index is 2.94. The number of fused-ring (bicyclic) bond motifs is 1. The Bertz CT molecular complexity index is 396. The highest BCUT2D eigenvalue weighted by Crippen LogP contribution is 2.33. The van der Waals surface area contributed by atoms with Gasteiger partial charge >= 0.3 is 0 Å². The zero-order chi connectivity index (χ0) is 7.84. The van der Waals surface area contributed by atoms with E-state index < -0.39 is 0 Å². The van der Waals surface area contributed by atoms with Crippen molar-refractivity contribution < 1.29 is 0 Å². The molecule has 0 fully saturated rings. The molecule has 0 spiro atoms. The van der Waals surface area contributed by atoms with Crippen LogP contribution in [-0.2, 0) is 0 Å². The second kappa shape index (κ2) is 2.84. The fourth-order valence-corrected chi connectivity index (χ4v) is 3.05. The first-order valence-electron chi connectivity index (χ1n) is 2.96. The first kappa shape index (κ1) is 7.71. The predicted octanol–water partition coefficient (Wildman–Crippen LogP) is 3.82. The molecule has 0 aliphatic heterocycles. The minimum Gasteiger partial charge on any atom is -0.248 e.